The molecule has 1 aliphatic heterocycles. The minimum absolute atomic E-state index is 0.149. The topological polar surface area (TPSA) is 38.2 Å². The van der Waals surface area contributed by atoms with E-state index in [0.717, 1.165) is 35.8 Å². The van der Waals surface area contributed by atoms with Crippen LogP contribution in [0.2, 0.25) is 5.02 Å². The van der Waals surface area contributed by atoms with Crippen LogP contribution in [0.3, 0.4) is 0 Å². The van der Waals surface area contributed by atoms with Crippen LogP contribution in [0.5, 0.6) is 0 Å². The summed E-state index contributed by atoms with van der Waals surface area (Å²) in [4.78, 5) is 5.54. The Morgan fingerprint density at radius 3 is 2.82 bits per heavy atom. The molecule has 0 amide bonds. The molecule has 1 aliphatic rings. The van der Waals surface area contributed by atoms with Crippen molar-refractivity contribution in [1.82, 2.24) is 0 Å². The van der Waals surface area contributed by atoms with E-state index in [-0.39, 0.29) is 6.10 Å². The maximum absolute atomic E-state index is 5.99. The number of aryl methyl sites for hydroxylation is 1. The Morgan fingerprint density at radius 1 is 1.23 bits per heavy atom. The Bertz CT molecular complexity index is 667. The summed E-state index contributed by atoms with van der Waals surface area (Å²) < 4.78 is 0. The van der Waals surface area contributed by atoms with Crippen molar-refractivity contribution in [3.8, 4) is 0 Å². The van der Waals surface area contributed by atoms with E-state index in [0.29, 0.717) is 0 Å². The Hall–Kier alpha value is -1.84. The highest BCUT2D eigenvalue weighted by Gasteiger charge is 2.23. The van der Waals surface area contributed by atoms with Crippen molar-refractivity contribution < 1.29 is 10.2 Å². The second kappa shape index (κ2) is 6.95. The van der Waals surface area contributed by atoms with E-state index in [4.69, 9.17) is 16.4 Å². The van der Waals surface area contributed by atoms with Crippen LogP contribution >= 0.6 is 11.6 Å². The molecule has 1 heterocycles. The quantitative estimate of drug-likeness (QED) is 0.905. The predicted octanol–water partition coefficient (Wildman–Crippen LogP) is 2.91. The van der Waals surface area contributed by atoms with Crippen LogP contribution in [-0.2, 0) is 11.4 Å². The van der Waals surface area contributed by atoms with E-state index in [1.54, 1.807) is 0 Å². The Morgan fingerprint density at radius 2 is 2.05 bits per heavy atom. The molecule has 0 radical (unpaired) electrons. The Balaban J connectivity index is 1.47. The van der Waals surface area contributed by atoms with Crippen LogP contribution in [0.1, 0.15) is 23.1 Å². The second-order valence-electron chi connectivity index (χ2n) is 5.69. The molecule has 3 nitrogen and oxygen atoms in total. The van der Waals surface area contributed by atoms with Gasteiger partial charge in [-0.2, -0.15) is 0 Å². The summed E-state index contributed by atoms with van der Waals surface area (Å²) in [5.74, 6) is 0. The number of hydrogen-bond acceptors (Lipinski definition) is 2. The first kappa shape index (κ1) is 15.1. The summed E-state index contributed by atoms with van der Waals surface area (Å²) in [5, 5.41) is 7.26. The zero-order valence-corrected chi connectivity index (χ0v) is 13.4. The fourth-order valence-electron chi connectivity index (χ4n) is 2.57. The molecule has 2 N–H and O–H groups in total. The van der Waals surface area contributed by atoms with E-state index in [9.17, 15) is 0 Å². The smallest absolute Gasteiger partial charge is 0.181 e. The highest BCUT2D eigenvalue weighted by atomic mass is 35.5. The predicted molar refractivity (Wildman–Crippen MR) is 89.2 cm³/mol. The van der Waals surface area contributed by atoms with Crippen molar-refractivity contribution in [1.29, 1.82) is 0 Å². The summed E-state index contributed by atoms with van der Waals surface area (Å²) in [6, 6.07) is 16.4. The number of benzene rings is 2. The summed E-state index contributed by atoms with van der Waals surface area (Å²) in [6.45, 7) is 3.88. The fourth-order valence-corrected chi connectivity index (χ4v) is 2.78. The third-order valence-corrected chi connectivity index (χ3v) is 4.05. The van der Waals surface area contributed by atoms with Gasteiger partial charge in [-0.05, 0) is 24.6 Å². The van der Waals surface area contributed by atoms with Crippen molar-refractivity contribution in [2.75, 3.05) is 6.54 Å². The Kier molecular flexibility index (Phi) is 4.76. The van der Waals surface area contributed by atoms with Gasteiger partial charge in [0.15, 0.2) is 6.10 Å². The first-order chi connectivity index (χ1) is 10.7. The molecule has 1 atom stereocenters. The standard InChI is InChI=1S/C18H19ClN2O/c1-13-5-7-15(8-6-13)18-10-17(22-21-18)12-20-11-14-3-2-4-16(19)9-14/h2-9,17,20H,10-12H2,1H3/p+1/t17-/m0/s1. The van der Waals surface area contributed by atoms with Gasteiger partial charge in [0, 0.05) is 17.0 Å². The van der Waals surface area contributed by atoms with Crippen molar-refractivity contribution in [3.05, 3.63) is 70.2 Å². The molecule has 22 heavy (non-hydrogen) atoms. The molecule has 0 saturated carbocycles. The molecule has 0 unspecified atom stereocenters. The van der Waals surface area contributed by atoms with Gasteiger partial charge >= 0.3 is 0 Å². The first-order valence-electron chi connectivity index (χ1n) is 7.56. The van der Waals surface area contributed by atoms with Crippen LogP contribution in [-0.4, -0.2) is 18.4 Å². The lowest BCUT2D eigenvalue weighted by Crippen LogP contribution is -2.84. The average molecular weight is 316 g/mol. The van der Waals surface area contributed by atoms with Crippen LogP contribution in [0.4, 0.5) is 0 Å². The lowest BCUT2D eigenvalue weighted by molar-refractivity contribution is -0.676. The monoisotopic (exact) mass is 315 g/mol. The molecule has 0 aliphatic carbocycles. The van der Waals surface area contributed by atoms with Gasteiger partial charge in [0.25, 0.3) is 0 Å². The number of nitrogens with two attached hydrogens (primary N) is 1. The lowest BCUT2D eigenvalue weighted by atomic mass is 10.0. The van der Waals surface area contributed by atoms with Gasteiger partial charge in [-0.1, -0.05) is 58.7 Å². The van der Waals surface area contributed by atoms with Crippen LogP contribution < -0.4 is 5.32 Å². The summed E-state index contributed by atoms with van der Waals surface area (Å²) in [5.41, 5.74) is 4.68. The normalized spacial score (nSPS) is 17.2. The molecule has 0 bridgehead atoms. The molecule has 0 spiro atoms. The SMILES string of the molecule is Cc1ccc(C2=NO[C@H](C[NH2+]Cc3cccc(Cl)c3)C2)cc1. The number of oxime groups is 1. The highest BCUT2D eigenvalue weighted by Crippen LogP contribution is 2.16. The van der Waals surface area contributed by atoms with E-state index in [1.165, 1.54) is 11.1 Å². The summed E-state index contributed by atoms with van der Waals surface area (Å²) in [7, 11) is 0. The minimum atomic E-state index is 0.149. The third-order valence-electron chi connectivity index (χ3n) is 3.82. The molecule has 3 rings (SSSR count). The van der Waals surface area contributed by atoms with E-state index in [1.807, 2.05) is 18.2 Å². The van der Waals surface area contributed by atoms with Crippen molar-refractivity contribution >= 4 is 17.3 Å². The van der Waals surface area contributed by atoms with Crippen LogP contribution in [0, 0.1) is 6.92 Å². The summed E-state index contributed by atoms with van der Waals surface area (Å²) in [6.07, 6.45) is 1.02. The van der Waals surface area contributed by atoms with Gasteiger partial charge in [-0.15, -0.1) is 0 Å². The van der Waals surface area contributed by atoms with Gasteiger partial charge in [-0.25, -0.2) is 0 Å². The maximum atomic E-state index is 5.99. The van der Waals surface area contributed by atoms with Gasteiger partial charge in [0.2, 0.25) is 0 Å². The molecule has 0 saturated heterocycles. The lowest BCUT2D eigenvalue weighted by Gasteiger charge is -2.07. The highest BCUT2D eigenvalue weighted by molar-refractivity contribution is 6.30. The Labute approximate surface area is 135 Å². The van der Waals surface area contributed by atoms with Gasteiger partial charge < -0.3 is 10.2 Å². The molecular formula is C18H20ClN2O+. The number of nitrogens with zero attached hydrogens (tertiary/aromatic N) is 1. The molecular weight excluding hydrogens is 296 g/mol. The zero-order valence-electron chi connectivity index (χ0n) is 12.6. The van der Waals surface area contributed by atoms with Crippen LogP contribution in [0.25, 0.3) is 0 Å². The molecule has 2 aromatic carbocycles. The number of quaternary nitrogens is 1. The van der Waals surface area contributed by atoms with E-state index >= 15 is 0 Å². The van der Waals surface area contributed by atoms with Crippen molar-refractivity contribution in [3.63, 3.8) is 0 Å². The zero-order chi connectivity index (χ0) is 15.4. The second-order valence-corrected chi connectivity index (χ2v) is 6.13. The average Bonchev–Trinajstić information content (AvgIpc) is 2.97. The molecule has 114 valence electrons. The number of hydrogen-bond donors (Lipinski definition) is 1. The van der Waals surface area contributed by atoms with Gasteiger partial charge in [-0.3, -0.25) is 0 Å². The van der Waals surface area contributed by atoms with Gasteiger partial charge in [0.1, 0.15) is 13.1 Å². The van der Waals surface area contributed by atoms with Crippen LogP contribution in [0.15, 0.2) is 53.7 Å². The number of halogens is 1. The number of rotatable bonds is 5. The van der Waals surface area contributed by atoms with Crippen molar-refractivity contribution in [2.24, 2.45) is 5.16 Å². The van der Waals surface area contributed by atoms with E-state index < -0.39 is 0 Å². The minimum Gasteiger partial charge on any atom is -0.386 e. The van der Waals surface area contributed by atoms with E-state index in [2.05, 4.69) is 47.7 Å². The maximum Gasteiger partial charge on any atom is 0.181 e. The first-order valence-corrected chi connectivity index (χ1v) is 7.94. The fraction of sp³-hybridized carbons (Fsp3) is 0.278. The van der Waals surface area contributed by atoms with Crippen molar-refractivity contribution in [2.45, 2.75) is 26.0 Å². The largest absolute Gasteiger partial charge is 0.386 e. The third kappa shape index (κ3) is 3.87. The summed E-state index contributed by atoms with van der Waals surface area (Å²) >= 11 is 5.99. The molecule has 0 fully saturated rings. The van der Waals surface area contributed by atoms with Gasteiger partial charge in [0.05, 0.1) is 5.71 Å². The molecule has 0 aromatic heterocycles. The molecule has 4 heteroatoms. The molecule has 2 aromatic rings.